The van der Waals surface area contributed by atoms with Crippen LogP contribution in [0.2, 0.25) is 0 Å². The molecule has 0 amide bonds. The predicted octanol–water partition coefficient (Wildman–Crippen LogP) is 2.65. The highest BCUT2D eigenvalue weighted by Gasteiger charge is 2.52. The van der Waals surface area contributed by atoms with Gasteiger partial charge in [-0.15, -0.1) is 23.5 Å². The highest BCUT2D eigenvalue weighted by atomic mass is 32.2. The number of fused-ring (bicyclic) bond motifs is 1. The topological polar surface area (TPSA) is 57.2 Å². The van der Waals surface area contributed by atoms with Crippen LogP contribution in [0.3, 0.4) is 0 Å². The molecule has 7 heteroatoms. The van der Waals surface area contributed by atoms with Gasteiger partial charge in [-0.25, -0.2) is 0 Å². The first kappa shape index (κ1) is 18.1. The van der Waals surface area contributed by atoms with Crippen LogP contribution < -0.4 is 0 Å². The van der Waals surface area contributed by atoms with Crippen LogP contribution in [-0.2, 0) is 18.9 Å². The summed E-state index contributed by atoms with van der Waals surface area (Å²) in [6, 6.07) is 9.94. The molecule has 0 aromatic heterocycles. The van der Waals surface area contributed by atoms with Gasteiger partial charge in [0.2, 0.25) is 0 Å². The Kier molecular flexibility index (Phi) is 5.91. The summed E-state index contributed by atoms with van der Waals surface area (Å²) in [4.78, 5) is 0. The van der Waals surface area contributed by atoms with Gasteiger partial charge in [0, 0.05) is 18.6 Å². The van der Waals surface area contributed by atoms with Crippen LogP contribution in [0.4, 0.5) is 0 Å². The maximum Gasteiger partial charge on any atom is 0.184 e. The molecule has 3 saturated heterocycles. The van der Waals surface area contributed by atoms with Crippen molar-refractivity contribution in [3.05, 3.63) is 35.9 Å². The van der Waals surface area contributed by atoms with E-state index in [1.807, 2.05) is 53.9 Å². The second-order valence-electron chi connectivity index (χ2n) is 6.49. The fourth-order valence-electron chi connectivity index (χ4n) is 3.65. The Bertz CT molecular complexity index is 552. The normalized spacial score (nSPS) is 39.8. The lowest BCUT2D eigenvalue weighted by molar-refractivity contribution is -0.348. The fourth-order valence-corrected chi connectivity index (χ4v) is 6.96. The van der Waals surface area contributed by atoms with E-state index in [0.717, 1.165) is 17.1 Å². The zero-order valence-corrected chi connectivity index (χ0v) is 15.8. The van der Waals surface area contributed by atoms with Crippen molar-refractivity contribution < 1.29 is 24.1 Å². The SMILES string of the molecule is CO[C@H]1O[C@@H]2COC(c3ccccc3)O[C@H]2[C@@H](C2SCCCS2)[C@@H]1O. The molecule has 0 spiro atoms. The van der Waals surface area contributed by atoms with Crippen molar-refractivity contribution in [2.45, 2.75) is 41.9 Å². The molecule has 25 heavy (non-hydrogen) atoms. The average molecular weight is 385 g/mol. The molecule has 1 N–H and O–H groups in total. The molecule has 5 nitrogen and oxygen atoms in total. The van der Waals surface area contributed by atoms with E-state index < -0.39 is 18.7 Å². The molecule has 3 aliphatic rings. The van der Waals surface area contributed by atoms with E-state index in [9.17, 15) is 5.11 Å². The van der Waals surface area contributed by atoms with Crippen molar-refractivity contribution in [3.63, 3.8) is 0 Å². The van der Waals surface area contributed by atoms with Crippen molar-refractivity contribution in [2.75, 3.05) is 25.2 Å². The minimum Gasteiger partial charge on any atom is -0.387 e. The number of hydrogen-bond donors (Lipinski definition) is 1. The van der Waals surface area contributed by atoms with E-state index in [0.29, 0.717) is 6.61 Å². The number of methoxy groups -OCH3 is 1. The third-order valence-corrected chi connectivity index (χ3v) is 8.04. The summed E-state index contributed by atoms with van der Waals surface area (Å²) in [5.74, 6) is 2.19. The standard InChI is InChI=1S/C18H24O5S2/c1-20-17-14(19)13(18-24-8-5-9-25-18)15-12(22-17)10-21-16(23-15)11-6-3-2-4-7-11/h2-4,6-7,12-19H,5,8-10H2,1H3/t12-,13+,14+,15-,16?,17+/m1/s1. The Labute approximate surface area is 156 Å². The number of benzene rings is 1. The van der Waals surface area contributed by atoms with Gasteiger partial charge in [-0.05, 0) is 17.9 Å². The summed E-state index contributed by atoms with van der Waals surface area (Å²) in [5.41, 5.74) is 0.993. The van der Waals surface area contributed by atoms with E-state index in [4.69, 9.17) is 18.9 Å². The molecule has 1 aromatic carbocycles. The van der Waals surface area contributed by atoms with Crippen LogP contribution in [0.25, 0.3) is 0 Å². The summed E-state index contributed by atoms with van der Waals surface area (Å²) in [7, 11) is 1.57. The van der Waals surface area contributed by atoms with Crippen molar-refractivity contribution >= 4 is 23.5 Å². The van der Waals surface area contributed by atoms with E-state index in [1.54, 1.807) is 7.11 Å². The molecule has 0 aliphatic carbocycles. The quantitative estimate of drug-likeness (QED) is 0.860. The number of ether oxygens (including phenoxy) is 4. The lowest BCUT2D eigenvalue weighted by Crippen LogP contribution is -2.61. The van der Waals surface area contributed by atoms with Gasteiger partial charge in [0.1, 0.15) is 12.2 Å². The Hall–Kier alpha value is -0.280. The van der Waals surface area contributed by atoms with Gasteiger partial charge in [-0.1, -0.05) is 30.3 Å². The first-order valence-corrected chi connectivity index (χ1v) is 10.8. The smallest absolute Gasteiger partial charge is 0.184 e. The van der Waals surface area contributed by atoms with Gasteiger partial charge in [-0.2, -0.15) is 0 Å². The van der Waals surface area contributed by atoms with Crippen LogP contribution in [0.15, 0.2) is 30.3 Å². The Balaban J connectivity index is 1.57. The molecule has 1 unspecified atom stereocenters. The summed E-state index contributed by atoms with van der Waals surface area (Å²) in [5, 5.41) is 10.9. The Morgan fingerprint density at radius 2 is 1.88 bits per heavy atom. The molecule has 0 radical (unpaired) electrons. The third kappa shape index (κ3) is 3.74. The summed E-state index contributed by atoms with van der Waals surface area (Å²) in [6.07, 6.45) is -0.967. The van der Waals surface area contributed by atoms with Crippen LogP contribution >= 0.6 is 23.5 Å². The molecule has 3 heterocycles. The molecule has 4 rings (SSSR count). The first-order valence-electron chi connectivity index (χ1n) is 8.69. The molecular weight excluding hydrogens is 360 g/mol. The highest BCUT2D eigenvalue weighted by Crippen LogP contribution is 2.46. The van der Waals surface area contributed by atoms with Gasteiger partial charge in [0.05, 0.1) is 17.3 Å². The van der Waals surface area contributed by atoms with E-state index >= 15 is 0 Å². The van der Waals surface area contributed by atoms with E-state index in [1.165, 1.54) is 6.42 Å². The monoisotopic (exact) mass is 384 g/mol. The Morgan fingerprint density at radius 3 is 2.60 bits per heavy atom. The fraction of sp³-hybridized carbons (Fsp3) is 0.667. The molecule has 3 fully saturated rings. The molecule has 3 aliphatic heterocycles. The van der Waals surface area contributed by atoms with Crippen molar-refractivity contribution in [3.8, 4) is 0 Å². The first-order chi connectivity index (χ1) is 12.3. The highest BCUT2D eigenvalue weighted by molar-refractivity contribution is 8.17. The summed E-state index contributed by atoms with van der Waals surface area (Å²) >= 11 is 3.82. The number of aliphatic hydroxyl groups excluding tert-OH is 1. The van der Waals surface area contributed by atoms with Gasteiger partial charge in [0.25, 0.3) is 0 Å². The maximum absolute atomic E-state index is 10.9. The number of thioether (sulfide) groups is 2. The minimum absolute atomic E-state index is 0.0471. The molecule has 0 saturated carbocycles. The number of rotatable bonds is 3. The number of hydrogen-bond acceptors (Lipinski definition) is 7. The van der Waals surface area contributed by atoms with E-state index in [2.05, 4.69) is 0 Å². The van der Waals surface area contributed by atoms with Crippen LogP contribution in [0.5, 0.6) is 0 Å². The van der Waals surface area contributed by atoms with Gasteiger partial charge < -0.3 is 24.1 Å². The maximum atomic E-state index is 10.9. The van der Waals surface area contributed by atoms with Crippen LogP contribution in [0.1, 0.15) is 18.3 Å². The average Bonchev–Trinajstić information content (AvgIpc) is 2.68. The van der Waals surface area contributed by atoms with Gasteiger partial charge in [-0.3, -0.25) is 0 Å². The van der Waals surface area contributed by atoms with Crippen molar-refractivity contribution in [1.82, 2.24) is 0 Å². The van der Waals surface area contributed by atoms with Crippen molar-refractivity contribution in [1.29, 1.82) is 0 Å². The largest absolute Gasteiger partial charge is 0.387 e. The molecule has 0 bridgehead atoms. The zero-order chi connectivity index (χ0) is 17.2. The predicted molar refractivity (Wildman–Crippen MR) is 98.5 cm³/mol. The van der Waals surface area contributed by atoms with E-state index in [-0.39, 0.29) is 22.7 Å². The Morgan fingerprint density at radius 1 is 1.12 bits per heavy atom. The number of aliphatic hydroxyl groups is 1. The molecule has 1 aromatic rings. The molecule has 6 atom stereocenters. The molecular formula is C18H24O5S2. The van der Waals surface area contributed by atoms with Crippen LogP contribution in [0, 0.1) is 5.92 Å². The van der Waals surface area contributed by atoms with Gasteiger partial charge >= 0.3 is 0 Å². The van der Waals surface area contributed by atoms with Crippen molar-refractivity contribution in [2.24, 2.45) is 5.92 Å². The third-order valence-electron chi connectivity index (χ3n) is 4.89. The second-order valence-corrected chi connectivity index (χ2v) is 9.28. The minimum atomic E-state index is -0.705. The zero-order valence-electron chi connectivity index (χ0n) is 14.2. The summed E-state index contributed by atoms with van der Waals surface area (Å²) in [6.45, 7) is 0.440. The second kappa shape index (κ2) is 8.17. The van der Waals surface area contributed by atoms with Gasteiger partial charge in [0.15, 0.2) is 12.6 Å². The lowest BCUT2D eigenvalue weighted by Gasteiger charge is -2.50. The lowest BCUT2D eigenvalue weighted by atomic mass is 9.89. The summed E-state index contributed by atoms with van der Waals surface area (Å²) < 4.78 is 23.8. The van der Waals surface area contributed by atoms with Crippen LogP contribution in [-0.4, -0.2) is 59.5 Å². The molecule has 138 valence electrons.